The van der Waals surface area contributed by atoms with Crippen molar-refractivity contribution in [3.8, 4) is 0 Å². The Bertz CT molecular complexity index is 219. The maximum Gasteiger partial charge on any atom is 0.224 e. The van der Waals surface area contributed by atoms with Crippen molar-refractivity contribution in [3.63, 3.8) is 0 Å². The molecule has 0 aromatic rings. The van der Waals surface area contributed by atoms with Gasteiger partial charge in [-0.15, -0.1) is 0 Å². The van der Waals surface area contributed by atoms with E-state index in [1.165, 1.54) is 6.42 Å². The van der Waals surface area contributed by atoms with E-state index in [1.807, 2.05) is 6.92 Å². The van der Waals surface area contributed by atoms with Crippen LogP contribution in [0, 0.1) is 12.3 Å². The molecule has 5 nitrogen and oxygen atoms in total. The lowest BCUT2D eigenvalue weighted by Crippen LogP contribution is -2.29. The van der Waals surface area contributed by atoms with E-state index in [4.69, 9.17) is 10.5 Å². The molecule has 1 radical (unpaired) electrons. The summed E-state index contributed by atoms with van der Waals surface area (Å²) in [7, 11) is 0. The molecule has 5 heteroatoms. The third-order valence-corrected chi connectivity index (χ3v) is 2.04. The van der Waals surface area contributed by atoms with Gasteiger partial charge in [-0.2, -0.15) is 0 Å². The number of ether oxygens (including phenoxy) is 1. The third kappa shape index (κ3) is 8.23. The quantitative estimate of drug-likeness (QED) is 0.556. The molecule has 16 heavy (non-hydrogen) atoms. The lowest BCUT2D eigenvalue weighted by molar-refractivity contribution is -0.121. The van der Waals surface area contributed by atoms with Gasteiger partial charge in [-0.3, -0.25) is 9.59 Å². The smallest absolute Gasteiger partial charge is 0.224 e. The van der Waals surface area contributed by atoms with Crippen LogP contribution in [0.15, 0.2) is 0 Å². The SMILES string of the molecule is CCCOCCNC(=O)[CH]C[C@H](C)C(N)=O. The van der Waals surface area contributed by atoms with E-state index >= 15 is 0 Å². The standard InChI is InChI=1S/C11H21N2O3/c1-3-7-16-8-6-13-10(14)5-4-9(2)11(12)15/h5,9H,3-4,6-8H2,1-2H3,(H2,12,15)(H,13,14)/t9-/m0/s1. The Morgan fingerprint density at radius 1 is 1.44 bits per heavy atom. The molecule has 0 bridgehead atoms. The summed E-state index contributed by atoms with van der Waals surface area (Å²) in [6.07, 6.45) is 2.78. The van der Waals surface area contributed by atoms with E-state index < -0.39 is 5.91 Å². The van der Waals surface area contributed by atoms with Crippen LogP contribution in [-0.4, -0.2) is 31.6 Å². The highest BCUT2D eigenvalue weighted by Gasteiger charge is 2.11. The molecule has 0 unspecified atom stereocenters. The molecule has 0 aliphatic heterocycles. The van der Waals surface area contributed by atoms with Crippen molar-refractivity contribution >= 4 is 11.8 Å². The van der Waals surface area contributed by atoms with Gasteiger partial charge < -0.3 is 15.8 Å². The Hall–Kier alpha value is -1.10. The maximum absolute atomic E-state index is 11.2. The molecule has 0 aliphatic carbocycles. The molecule has 93 valence electrons. The lowest BCUT2D eigenvalue weighted by Gasteiger charge is -2.07. The summed E-state index contributed by atoms with van der Waals surface area (Å²) in [4.78, 5) is 21.9. The van der Waals surface area contributed by atoms with Gasteiger partial charge in [0.25, 0.3) is 0 Å². The van der Waals surface area contributed by atoms with Gasteiger partial charge in [-0.25, -0.2) is 0 Å². The predicted octanol–water partition coefficient (Wildman–Crippen LogP) is 0.245. The zero-order chi connectivity index (χ0) is 12.4. The van der Waals surface area contributed by atoms with E-state index in [1.54, 1.807) is 6.92 Å². The second-order valence-electron chi connectivity index (χ2n) is 3.65. The first-order chi connectivity index (χ1) is 7.57. The number of primary amides is 1. The molecule has 0 heterocycles. The number of rotatable bonds is 9. The van der Waals surface area contributed by atoms with Crippen molar-refractivity contribution in [1.82, 2.24) is 5.32 Å². The summed E-state index contributed by atoms with van der Waals surface area (Å²) in [5.74, 6) is -0.884. The van der Waals surface area contributed by atoms with Gasteiger partial charge in [0, 0.05) is 19.1 Å². The maximum atomic E-state index is 11.2. The van der Waals surface area contributed by atoms with Gasteiger partial charge in [0.15, 0.2) is 0 Å². The van der Waals surface area contributed by atoms with Crippen molar-refractivity contribution in [2.45, 2.75) is 26.7 Å². The van der Waals surface area contributed by atoms with Gasteiger partial charge in [0.05, 0.1) is 13.0 Å². The van der Waals surface area contributed by atoms with E-state index in [0.717, 1.165) is 6.42 Å². The van der Waals surface area contributed by atoms with Crippen molar-refractivity contribution in [3.05, 3.63) is 6.42 Å². The summed E-state index contributed by atoms with van der Waals surface area (Å²) in [5, 5.41) is 2.66. The Morgan fingerprint density at radius 3 is 2.69 bits per heavy atom. The zero-order valence-electron chi connectivity index (χ0n) is 9.99. The number of hydrogen-bond acceptors (Lipinski definition) is 3. The molecule has 0 aromatic carbocycles. The largest absolute Gasteiger partial charge is 0.380 e. The molecule has 3 N–H and O–H groups in total. The predicted molar refractivity (Wildman–Crippen MR) is 61.4 cm³/mol. The van der Waals surface area contributed by atoms with E-state index in [2.05, 4.69) is 5.32 Å². The minimum absolute atomic E-state index is 0.187. The average Bonchev–Trinajstić information content (AvgIpc) is 2.25. The molecule has 1 atom stereocenters. The number of carbonyl (C=O) groups excluding carboxylic acids is 2. The highest BCUT2D eigenvalue weighted by atomic mass is 16.5. The number of nitrogens with two attached hydrogens (primary N) is 1. The Labute approximate surface area is 96.7 Å². The van der Waals surface area contributed by atoms with Crippen LogP contribution < -0.4 is 11.1 Å². The van der Waals surface area contributed by atoms with E-state index in [9.17, 15) is 9.59 Å². The van der Waals surface area contributed by atoms with E-state index in [0.29, 0.717) is 26.2 Å². The summed E-state index contributed by atoms with van der Waals surface area (Å²) in [6, 6.07) is 0. The van der Waals surface area contributed by atoms with Crippen molar-refractivity contribution in [2.24, 2.45) is 11.7 Å². The van der Waals surface area contributed by atoms with Crippen LogP contribution in [0.1, 0.15) is 26.7 Å². The molecule has 0 rings (SSSR count). The summed E-state index contributed by atoms with van der Waals surface area (Å²) < 4.78 is 5.19. The fourth-order valence-corrected chi connectivity index (χ4v) is 0.965. The number of amides is 2. The van der Waals surface area contributed by atoms with Crippen molar-refractivity contribution < 1.29 is 14.3 Å². The van der Waals surface area contributed by atoms with E-state index in [-0.39, 0.29) is 11.8 Å². The third-order valence-electron chi connectivity index (χ3n) is 2.04. The second kappa shape index (κ2) is 9.15. The average molecular weight is 229 g/mol. The minimum Gasteiger partial charge on any atom is -0.380 e. The van der Waals surface area contributed by atoms with Crippen LogP contribution in [0.3, 0.4) is 0 Å². The molecule has 0 aromatic heterocycles. The molecular weight excluding hydrogens is 208 g/mol. The second-order valence-corrected chi connectivity index (χ2v) is 3.65. The molecule has 0 spiro atoms. The Balaban J connectivity index is 3.41. The van der Waals surface area contributed by atoms with Gasteiger partial charge >= 0.3 is 0 Å². The van der Waals surface area contributed by atoms with Gasteiger partial charge in [-0.05, 0) is 12.8 Å². The van der Waals surface area contributed by atoms with Crippen LogP contribution in [0.25, 0.3) is 0 Å². The summed E-state index contributed by atoms with van der Waals surface area (Å²) in [5.41, 5.74) is 5.07. The first kappa shape index (κ1) is 14.9. The zero-order valence-corrected chi connectivity index (χ0v) is 9.99. The first-order valence-electron chi connectivity index (χ1n) is 5.56. The highest BCUT2D eigenvalue weighted by molar-refractivity contribution is 5.85. The fourth-order valence-electron chi connectivity index (χ4n) is 0.965. The fraction of sp³-hybridized carbons (Fsp3) is 0.727. The van der Waals surface area contributed by atoms with Crippen LogP contribution >= 0.6 is 0 Å². The molecule has 0 saturated heterocycles. The summed E-state index contributed by atoms with van der Waals surface area (Å²) >= 11 is 0. The number of nitrogens with one attached hydrogen (secondary N) is 1. The number of hydrogen-bond donors (Lipinski definition) is 2. The van der Waals surface area contributed by atoms with Crippen molar-refractivity contribution in [1.29, 1.82) is 0 Å². The van der Waals surface area contributed by atoms with Crippen LogP contribution in [-0.2, 0) is 14.3 Å². The molecule has 0 saturated carbocycles. The molecule has 2 amide bonds. The topological polar surface area (TPSA) is 81.4 Å². The molecular formula is C11H21N2O3. The van der Waals surface area contributed by atoms with Gasteiger partial charge in [-0.1, -0.05) is 13.8 Å². The Morgan fingerprint density at radius 2 is 2.12 bits per heavy atom. The molecule has 0 fully saturated rings. The van der Waals surface area contributed by atoms with Crippen LogP contribution in [0.5, 0.6) is 0 Å². The Kier molecular flexibility index (Phi) is 8.52. The monoisotopic (exact) mass is 229 g/mol. The van der Waals surface area contributed by atoms with Gasteiger partial charge in [0.2, 0.25) is 11.8 Å². The minimum atomic E-state index is -0.393. The van der Waals surface area contributed by atoms with Gasteiger partial charge in [0.1, 0.15) is 0 Å². The van der Waals surface area contributed by atoms with Crippen LogP contribution in [0.2, 0.25) is 0 Å². The summed E-state index contributed by atoms with van der Waals surface area (Å²) in [6.45, 7) is 5.42. The van der Waals surface area contributed by atoms with Crippen LogP contribution in [0.4, 0.5) is 0 Å². The highest BCUT2D eigenvalue weighted by Crippen LogP contribution is 2.02. The number of carbonyl (C=O) groups is 2. The first-order valence-corrected chi connectivity index (χ1v) is 5.56. The molecule has 0 aliphatic rings. The van der Waals surface area contributed by atoms with Crippen molar-refractivity contribution in [2.75, 3.05) is 19.8 Å². The lowest BCUT2D eigenvalue weighted by atomic mass is 10.1. The normalized spacial score (nSPS) is 12.1.